The van der Waals surface area contributed by atoms with Crippen molar-refractivity contribution in [2.75, 3.05) is 26.2 Å². The molecule has 0 aromatic heterocycles. The average Bonchev–Trinajstić information content (AvgIpc) is 2.61. The molecule has 8 heteroatoms. The third-order valence-corrected chi connectivity index (χ3v) is 3.98. The maximum atomic E-state index is 9.75. The van der Waals surface area contributed by atoms with E-state index in [2.05, 4.69) is 10.2 Å². The molecule has 0 saturated carbocycles. The Labute approximate surface area is 150 Å². The lowest BCUT2D eigenvalue weighted by molar-refractivity contribution is 0.141. The maximum absolute atomic E-state index is 9.75. The van der Waals surface area contributed by atoms with E-state index < -0.39 is 0 Å². The molecule has 0 spiro atoms. The van der Waals surface area contributed by atoms with E-state index in [9.17, 15) is 20.4 Å². The number of aromatic hydroxyl groups is 4. The van der Waals surface area contributed by atoms with Crippen LogP contribution in [-0.2, 0) is 0 Å². The molecule has 0 unspecified atom stereocenters. The van der Waals surface area contributed by atoms with Crippen molar-refractivity contribution in [2.45, 2.75) is 0 Å². The van der Waals surface area contributed by atoms with Crippen molar-refractivity contribution in [1.82, 2.24) is 10.0 Å². The van der Waals surface area contributed by atoms with Gasteiger partial charge in [0.05, 0.1) is 38.6 Å². The average molecular weight is 356 g/mol. The third-order valence-electron chi connectivity index (χ3n) is 3.98. The second kappa shape index (κ2) is 7.64. The fourth-order valence-electron chi connectivity index (χ4n) is 2.49. The van der Waals surface area contributed by atoms with Crippen molar-refractivity contribution in [3.05, 3.63) is 47.5 Å². The van der Waals surface area contributed by atoms with Crippen LogP contribution >= 0.6 is 0 Å². The van der Waals surface area contributed by atoms with Gasteiger partial charge < -0.3 is 20.4 Å². The lowest BCUT2D eigenvalue weighted by atomic mass is 10.2. The molecule has 1 saturated heterocycles. The van der Waals surface area contributed by atoms with Crippen molar-refractivity contribution in [3.8, 4) is 23.0 Å². The summed E-state index contributed by atoms with van der Waals surface area (Å²) in [6, 6.07) is 8.72. The van der Waals surface area contributed by atoms with Gasteiger partial charge >= 0.3 is 0 Å². The second-order valence-electron chi connectivity index (χ2n) is 5.88. The Morgan fingerprint density at radius 3 is 1.38 bits per heavy atom. The summed E-state index contributed by atoms with van der Waals surface area (Å²) < 4.78 is 0. The summed E-state index contributed by atoms with van der Waals surface area (Å²) in [6.45, 7) is 2.64. The Morgan fingerprint density at radius 1 is 0.654 bits per heavy atom. The first-order valence-electron chi connectivity index (χ1n) is 8.13. The monoisotopic (exact) mass is 356 g/mol. The SMILES string of the molecule is Oc1ccc(/C=N\N2CCN(/N=C\c3ccc(O)cc3O)CC2)c(O)c1. The van der Waals surface area contributed by atoms with Crippen molar-refractivity contribution >= 4 is 12.4 Å². The standard InChI is InChI=1S/C18H20N4O4/c23-15-3-1-13(17(25)9-15)11-19-21-5-7-22(8-6-21)20-12-14-2-4-16(24)10-18(14)26/h1-4,9-12,23-26H,5-8H2/b19-11-,20-12-. The predicted molar refractivity (Wildman–Crippen MR) is 97.9 cm³/mol. The Balaban J connectivity index is 1.54. The van der Waals surface area contributed by atoms with Crippen LogP contribution in [-0.4, -0.2) is 69.1 Å². The van der Waals surface area contributed by atoms with Gasteiger partial charge in [-0.1, -0.05) is 0 Å². The minimum atomic E-state index is -0.0225. The zero-order valence-electron chi connectivity index (χ0n) is 14.0. The molecule has 1 aliphatic rings. The molecule has 0 amide bonds. The molecule has 3 rings (SSSR count). The Morgan fingerprint density at radius 2 is 1.04 bits per heavy atom. The molecule has 2 aromatic rings. The number of benzene rings is 2. The van der Waals surface area contributed by atoms with E-state index in [4.69, 9.17) is 0 Å². The highest BCUT2D eigenvalue weighted by Crippen LogP contribution is 2.22. The van der Waals surface area contributed by atoms with Gasteiger partial charge in [-0.25, -0.2) is 0 Å². The number of piperazine rings is 1. The summed E-state index contributed by atoms with van der Waals surface area (Å²) in [5.41, 5.74) is 1.07. The van der Waals surface area contributed by atoms with Crippen molar-refractivity contribution in [2.24, 2.45) is 10.2 Å². The number of phenols is 4. The maximum Gasteiger partial charge on any atom is 0.128 e. The van der Waals surface area contributed by atoms with Crippen molar-refractivity contribution < 1.29 is 20.4 Å². The topological polar surface area (TPSA) is 112 Å². The summed E-state index contributed by atoms with van der Waals surface area (Å²) in [7, 11) is 0. The first-order valence-corrected chi connectivity index (χ1v) is 8.13. The van der Waals surface area contributed by atoms with Crippen molar-refractivity contribution in [1.29, 1.82) is 0 Å². The second-order valence-corrected chi connectivity index (χ2v) is 5.88. The Bertz CT molecular complexity index is 760. The molecule has 0 radical (unpaired) electrons. The van der Waals surface area contributed by atoms with Crippen LogP contribution in [0.4, 0.5) is 0 Å². The first kappa shape index (κ1) is 17.4. The van der Waals surface area contributed by atoms with Gasteiger partial charge in [-0.15, -0.1) is 0 Å². The molecule has 4 N–H and O–H groups in total. The minimum absolute atomic E-state index is 0.00536. The van der Waals surface area contributed by atoms with E-state index in [0.29, 0.717) is 37.3 Å². The van der Waals surface area contributed by atoms with E-state index >= 15 is 0 Å². The molecule has 1 heterocycles. The Kier molecular flexibility index (Phi) is 5.12. The molecule has 0 bridgehead atoms. The quantitative estimate of drug-likeness (QED) is 0.618. The summed E-state index contributed by atoms with van der Waals surface area (Å²) in [6.07, 6.45) is 3.12. The highest BCUT2D eigenvalue weighted by atomic mass is 16.3. The van der Waals surface area contributed by atoms with E-state index in [1.807, 2.05) is 10.0 Å². The first-order chi connectivity index (χ1) is 12.5. The molecule has 26 heavy (non-hydrogen) atoms. The van der Waals surface area contributed by atoms with Crippen molar-refractivity contribution in [3.63, 3.8) is 0 Å². The predicted octanol–water partition coefficient (Wildman–Crippen LogP) is 1.49. The zero-order valence-corrected chi connectivity index (χ0v) is 14.0. The molecular formula is C18H20N4O4. The Hall–Kier alpha value is -3.42. The molecule has 1 fully saturated rings. The van der Waals surface area contributed by atoms with Gasteiger partial charge in [0, 0.05) is 23.3 Å². The van der Waals surface area contributed by atoms with E-state index in [1.165, 1.54) is 24.3 Å². The molecule has 0 aliphatic carbocycles. The molecule has 2 aromatic carbocycles. The summed E-state index contributed by atoms with van der Waals surface area (Å²) in [5.74, 6) is -0.0343. The molecule has 136 valence electrons. The summed E-state index contributed by atoms with van der Waals surface area (Å²) in [5, 5.41) is 50.5. The largest absolute Gasteiger partial charge is 0.508 e. The number of phenolic OH excluding ortho intramolecular Hbond substituents is 4. The summed E-state index contributed by atoms with van der Waals surface area (Å²) in [4.78, 5) is 0. The lowest BCUT2D eigenvalue weighted by Gasteiger charge is -2.31. The van der Waals surface area contributed by atoms with Gasteiger partial charge in [0.15, 0.2) is 0 Å². The minimum Gasteiger partial charge on any atom is -0.508 e. The molecule has 8 nitrogen and oxygen atoms in total. The molecule has 1 aliphatic heterocycles. The smallest absolute Gasteiger partial charge is 0.128 e. The number of hydrazone groups is 2. The highest BCUT2D eigenvalue weighted by molar-refractivity contribution is 5.84. The third kappa shape index (κ3) is 4.35. The normalized spacial score (nSPS) is 15.2. The van der Waals surface area contributed by atoms with Crippen LogP contribution in [0.15, 0.2) is 46.6 Å². The fraction of sp³-hybridized carbons (Fsp3) is 0.222. The highest BCUT2D eigenvalue weighted by Gasteiger charge is 2.13. The van der Waals surface area contributed by atoms with Crippen LogP contribution < -0.4 is 0 Å². The van der Waals surface area contributed by atoms with Crippen LogP contribution in [0.2, 0.25) is 0 Å². The number of hydrogen-bond donors (Lipinski definition) is 4. The van der Waals surface area contributed by atoms with Gasteiger partial charge in [-0.3, -0.25) is 10.0 Å². The van der Waals surface area contributed by atoms with Gasteiger partial charge in [0.2, 0.25) is 0 Å². The number of hydrogen-bond acceptors (Lipinski definition) is 8. The van der Waals surface area contributed by atoms with E-state index in [0.717, 1.165) is 0 Å². The number of nitrogens with zero attached hydrogens (tertiary/aromatic N) is 4. The van der Waals surface area contributed by atoms with Gasteiger partial charge in [0.1, 0.15) is 23.0 Å². The number of rotatable bonds is 4. The van der Waals surface area contributed by atoms with Gasteiger partial charge in [-0.05, 0) is 24.3 Å². The van der Waals surface area contributed by atoms with Crippen LogP contribution in [0.5, 0.6) is 23.0 Å². The van der Waals surface area contributed by atoms with Crippen LogP contribution in [0, 0.1) is 0 Å². The summed E-state index contributed by atoms with van der Waals surface area (Å²) >= 11 is 0. The van der Waals surface area contributed by atoms with E-state index in [-0.39, 0.29) is 23.0 Å². The lowest BCUT2D eigenvalue weighted by Crippen LogP contribution is -2.41. The fourth-order valence-corrected chi connectivity index (χ4v) is 2.49. The zero-order chi connectivity index (χ0) is 18.5. The van der Waals surface area contributed by atoms with Crippen LogP contribution in [0.1, 0.15) is 11.1 Å². The molecule has 0 atom stereocenters. The van der Waals surface area contributed by atoms with Gasteiger partial charge in [-0.2, -0.15) is 10.2 Å². The van der Waals surface area contributed by atoms with E-state index in [1.54, 1.807) is 24.6 Å². The van der Waals surface area contributed by atoms with Crippen LogP contribution in [0.25, 0.3) is 0 Å². The van der Waals surface area contributed by atoms with Crippen LogP contribution in [0.3, 0.4) is 0 Å². The molecular weight excluding hydrogens is 336 g/mol. The van der Waals surface area contributed by atoms with Gasteiger partial charge in [0.25, 0.3) is 0 Å².